The first-order valence-electron chi connectivity index (χ1n) is 11.0. The summed E-state index contributed by atoms with van der Waals surface area (Å²) in [5.74, 6) is 0.0546. The third-order valence-corrected chi connectivity index (χ3v) is 6.22. The Hall–Kier alpha value is -2.90. The smallest absolute Gasteiger partial charge is 0.256 e. The van der Waals surface area contributed by atoms with Gasteiger partial charge in [-0.3, -0.25) is 9.59 Å². The van der Waals surface area contributed by atoms with Crippen LogP contribution in [0.25, 0.3) is 0 Å². The van der Waals surface area contributed by atoms with Gasteiger partial charge in [0.25, 0.3) is 11.8 Å². The molecule has 0 unspecified atom stereocenters. The quantitative estimate of drug-likeness (QED) is 0.804. The number of amides is 2. The molecule has 0 saturated carbocycles. The van der Waals surface area contributed by atoms with E-state index in [2.05, 4.69) is 5.32 Å². The first-order valence-corrected chi connectivity index (χ1v) is 11.0. The summed E-state index contributed by atoms with van der Waals surface area (Å²) in [5.41, 5.74) is 3.23. The van der Waals surface area contributed by atoms with E-state index in [9.17, 15) is 9.59 Å². The van der Waals surface area contributed by atoms with Crippen molar-refractivity contribution in [2.45, 2.75) is 25.1 Å². The van der Waals surface area contributed by atoms with Crippen LogP contribution in [0.3, 0.4) is 0 Å². The van der Waals surface area contributed by atoms with Crippen LogP contribution in [-0.4, -0.2) is 67.2 Å². The van der Waals surface area contributed by atoms with E-state index in [1.807, 2.05) is 58.3 Å². The number of hydrogen-bond donors (Lipinski definition) is 1. The van der Waals surface area contributed by atoms with Gasteiger partial charge in [0.1, 0.15) is 6.17 Å². The van der Waals surface area contributed by atoms with Gasteiger partial charge in [0.05, 0.1) is 19.3 Å². The summed E-state index contributed by atoms with van der Waals surface area (Å²) < 4.78 is 11.1. The highest BCUT2D eigenvalue weighted by molar-refractivity contribution is 5.99. The molecule has 3 aliphatic rings. The molecule has 0 aliphatic carbocycles. The molecule has 2 atom stereocenters. The lowest BCUT2D eigenvalue weighted by Crippen LogP contribution is -2.40. The normalized spacial score (nSPS) is 23.2. The number of carbonyl (C=O) groups is 2. The standard InChI is InChI=1S/C24H27N3O4/c28-23(26-11-14-30-15-12-26)17-7-9-18(10-8-17)25-22-20-5-1-2-6-21(20)24(29)27(22)16-19-4-3-13-31-19/h1-2,5-10,19,22,25H,3-4,11-16H2/t19-,22+/m1/s1. The molecule has 5 rings (SSSR count). The summed E-state index contributed by atoms with van der Waals surface area (Å²) in [6, 6.07) is 15.2. The Balaban J connectivity index is 1.34. The van der Waals surface area contributed by atoms with Crippen LogP contribution in [0.4, 0.5) is 5.69 Å². The third-order valence-electron chi connectivity index (χ3n) is 6.22. The van der Waals surface area contributed by atoms with Crippen LogP contribution < -0.4 is 5.32 Å². The lowest BCUT2D eigenvalue weighted by molar-refractivity contribution is 0.0303. The Morgan fingerprint density at radius 2 is 1.81 bits per heavy atom. The highest BCUT2D eigenvalue weighted by Crippen LogP contribution is 2.35. The summed E-state index contributed by atoms with van der Waals surface area (Å²) >= 11 is 0. The molecule has 0 spiro atoms. The first-order chi connectivity index (χ1) is 15.2. The van der Waals surface area contributed by atoms with Crippen molar-refractivity contribution in [2.75, 3.05) is 44.8 Å². The molecule has 2 amide bonds. The van der Waals surface area contributed by atoms with E-state index in [0.717, 1.165) is 36.3 Å². The number of rotatable bonds is 5. The molecule has 7 heteroatoms. The Morgan fingerprint density at radius 3 is 2.55 bits per heavy atom. The monoisotopic (exact) mass is 421 g/mol. The number of morpholine rings is 1. The van der Waals surface area contributed by atoms with Crippen LogP contribution in [0.5, 0.6) is 0 Å². The van der Waals surface area contributed by atoms with Crippen LogP contribution >= 0.6 is 0 Å². The molecule has 31 heavy (non-hydrogen) atoms. The van der Waals surface area contributed by atoms with Gasteiger partial charge in [0, 0.05) is 48.6 Å². The number of hydrogen-bond acceptors (Lipinski definition) is 5. The predicted octanol–water partition coefficient (Wildman–Crippen LogP) is 2.90. The fraction of sp³-hybridized carbons (Fsp3) is 0.417. The highest BCUT2D eigenvalue weighted by atomic mass is 16.5. The van der Waals surface area contributed by atoms with Gasteiger partial charge in [0.15, 0.2) is 0 Å². The minimum absolute atomic E-state index is 0.0243. The van der Waals surface area contributed by atoms with E-state index >= 15 is 0 Å². The first kappa shape index (κ1) is 20.0. The molecule has 3 heterocycles. The number of ether oxygens (including phenoxy) is 2. The summed E-state index contributed by atoms with van der Waals surface area (Å²) in [4.78, 5) is 29.5. The van der Waals surface area contributed by atoms with Crippen LogP contribution in [0.2, 0.25) is 0 Å². The lowest BCUT2D eigenvalue weighted by Gasteiger charge is -2.29. The number of benzene rings is 2. The molecule has 0 bridgehead atoms. The van der Waals surface area contributed by atoms with Crippen molar-refractivity contribution >= 4 is 17.5 Å². The number of carbonyl (C=O) groups excluding carboxylic acids is 2. The summed E-state index contributed by atoms with van der Waals surface area (Å²) in [5, 5.41) is 3.50. The van der Waals surface area contributed by atoms with Crippen molar-refractivity contribution in [2.24, 2.45) is 0 Å². The van der Waals surface area contributed by atoms with Crippen molar-refractivity contribution in [3.63, 3.8) is 0 Å². The summed E-state index contributed by atoms with van der Waals surface area (Å²) in [6.07, 6.45) is 1.84. The third kappa shape index (κ3) is 4.03. The highest BCUT2D eigenvalue weighted by Gasteiger charge is 2.38. The zero-order valence-corrected chi connectivity index (χ0v) is 17.5. The molecule has 2 aromatic carbocycles. The van der Waals surface area contributed by atoms with Crippen molar-refractivity contribution in [3.05, 3.63) is 65.2 Å². The molecular weight excluding hydrogens is 394 g/mol. The second-order valence-corrected chi connectivity index (χ2v) is 8.21. The number of nitrogens with one attached hydrogen (secondary N) is 1. The van der Waals surface area contributed by atoms with E-state index in [1.54, 1.807) is 0 Å². The van der Waals surface area contributed by atoms with Gasteiger partial charge in [-0.05, 0) is 43.2 Å². The Kier molecular flexibility index (Phi) is 5.61. The van der Waals surface area contributed by atoms with Gasteiger partial charge < -0.3 is 24.6 Å². The largest absolute Gasteiger partial charge is 0.378 e. The minimum Gasteiger partial charge on any atom is -0.378 e. The molecule has 0 aromatic heterocycles. The topological polar surface area (TPSA) is 71.1 Å². The number of anilines is 1. The van der Waals surface area contributed by atoms with Gasteiger partial charge in [-0.2, -0.15) is 0 Å². The second-order valence-electron chi connectivity index (χ2n) is 8.21. The van der Waals surface area contributed by atoms with Crippen molar-refractivity contribution in [3.8, 4) is 0 Å². The number of fused-ring (bicyclic) bond motifs is 1. The Labute approximate surface area is 181 Å². The van der Waals surface area contributed by atoms with Crippen LogP contribution in [0, 0.1) is 0 Å². The van der Waals surface area contributed by atoms with Crippen LogP contribution in [-0.2, 0) is 9.47 Å². The van der Waals surface area contributed by atoms with Gasteiger partial charge in [-0.25, -0.2) is 0 Å². The van der Waals surface area contributed by atoms with E-state index in [-0.39, 0.29) is 24.1 Å². The lowest BCUT2D eigenvalue weighted by atomic mass is 10.1. The SMILES string of the molecule is O=C(c1ccc(N[C@@H]2c3ccccc3C(=O)N2C[C@H]2CCCO2)cc1)N1CCOCC1. The Bertz CT molecular complexity index is 950. The summed E-state index contributed by atoms with van der Waals surface area (Å²) in [7, 11) is 0. The average Bonchev–Trinajstić information content (AvgIpc) is 3.43. The van der Waals surface area contributed by atoms with Crippen LogP contribution in [0.15, 0.2) is 48.5 Å². The average molecular weight is 421 g/mol. The molecule has 162 valence electrons. The maximum atomic E-state index is 13.1. The molecule has 2 aromatic rings. The maximum Gasteiger partial charge on any atom is 0.256 e. The predicted molar refractivity (Wildman–Crippen MR) is 116 cm³/mol. The van der Waals surface area contributed by atoms with Crippen molar-refractivity contribution < 1.29 is 19.1 Å². The van der Waals surface area contributed by atoms with Gasteiger partial charge in [-0.1, -0.05) is 18.2 Å². The van der Waals surface area contributed by atoms with Crippen molar-refractivity contribution in [1.29, 1.82) is 0 Å². The molecule has 2 saturated heterocycles. The molecule has 1 N–H and O–H groups in total. The van der Waals surface area contributed by atoms with E-state index < -0.39 is 0 Å². The maximum absolute atomic E-state index is 13.1. The zero-order chi connectivity index (χ0) is 21.2. The fourth-order valence-electron chi connectivity index (χ4n) is 4.54. The second kappa shape index (κ2) is 8.69. The molecule has 0 radical (unpaired) electrons. The zero-order valence-electron chi connectivity index (χ0n) is 17.5. The summed E-state index contributed by atoms with van der Waals surface area (Å²) in [6.45, 7) is 3.74. The fourth-order valence-corrected chi connectivity index (χ4v) is 4.54. The number of nitrogens with zero attached hydrogens (tertiary/aromatic N) is 2. The van der Waals surface area contributed by atoms with E-state index in [0.29, 0.717) is 38.4 Å². The van der Waals surface area contributed by atoms with Crippen LogP contribution in [0.1, 0.15) is 45.3 Å². The molecule has 2 fully saturated rings. The van der Waals surface area contributed by atoms with Gasteiger partial charge >= 0.3 is 0 Å². The minimum atomic E-state index is -0.256. The molecular formula is C24H27N3O4. The van der Waals surface area contributed by atoms with E-state index in [1.165, 1.54) is 0 Å². The van der Waals surface area contributed by atoms with E-state index in [4.69, 9.17) is 9.47 Å². The molecule has 7 nitrogen and oxygen atoms in total. The Morgan fingerprint density at radius 1 is 1.03 bits per heavy atom. The van der Waals surface area contributed by atoms with Gasteiger partial charge in [0.2, 0.25) is 0 Å². The molecule has 3 aliphatic heterocycles. The van der Waals surface area contributed by atoms with Crippen molar-refractivity contribution in [1.82, 2.24) is 9.80 Å². The van der Waals surface area contributed by atoms with Gasteiger partial charge in [-0.15, -0.1) is 0 Å².